The summed E-state index contributed by atoms with van der Waals surface area (Å²) in [6, 6.07) is 14.5. The van der Waals surface area contributed by atoms with Gasteiger partial charge in [0.25, 0.3) is 5.91 Å². The summed E-state index contributed by atoms with van der Waals surface area (Å²) in [6.07, 6.45) is 8.06. The molecule has 1 amide bonds. The van der Waals surface area contributed by atoms with E-state index in [0.29, 0.717) is 17.1 Å². The minimum Gasteiger partial charge on any atom is -0.486 e. The molecule has 1 N–H and O–H groups in total. The van der Waals surface area contributed by atoms with Crippen molar-refractivity contribution in [3.63, 3.8) is 0 Å². The second-order valence-electron chi connectivity index (χ2n) is 5.85. The van der Waals surface area contributed by atoms with Crippen molar-refractivity contribution in [3.05, 3.63) is 90.0 Å². The van der Waals surface area contributed by atoms with Crippen molar-refractivity contribution in [1.82, 2.24) is 15.4 Å². The number of aromatic nitrogens is 2. The van der Waals surface area contributed by atoms with E-state index in [1.54, 1.807) is 43.1 Å². The third-order valence-corrected chi connectivity index (χ3v) is 3.63. The first kappa shape index (κ1) is 18.9. The maximum absolute atomic E-state index is 12.2. The number of nitrogens with one attached hydrogen (secondary N) is 1. The van der Waals surface area contributed by atoms with Crippen molar-refractivity contribution in [2.45, 2.75) is 6.92 Å². The number of hydrogen-bond acceptors (Lipinski definition) is 5. The van der Waals surface area contributed by atoms with E-state index >= 15 is 0 Å². The minimum absolute atomic E-state index is 0.0941. The van der Waals surface area contributed by atoms with Gasteiger partial charge in [0.05, 0.1) is 0 Å². The van der Waals surface area contributed by atoms with Crippen LogP contribution in [0.2, 0.25) is 0 Å². The molecule has 2 heterocycles. The van der Waals surface area contributed by atoms with Crippen LogP contribution in [-0.2, 0) is 0 Å². The molecule has 0 aliphatic carbocycles. The Morgan fingerprint density at radius 3 is 2.71 bits per heavy atom. The highest BCUT2D eigenvalue weighted by Crippen LogP contribution is 2.12. The zero-order valence-corrected chi connectivity index (χ0v) is 15.3. The van der Waals surface area contributed by atoms with Crippen LogP contribution in [0.4, 0.5) is 0 Å². The fourth-order valence-corrected chi connectivity index (χ4v) is 2.24. The highest BCUT2D eigenvalue weighted by atomic mass is 16.5. The van der Waals surface area contributed by atoms with Gasteiger partial charge in [-0.15, -0.1) is 0 Å². The average Bonchev–Trinajstić information content (AvgIpc) is 2.74. The van der Waals surface area contributed by atoms with E-state index in [1.807, 2.05) is 43.3 Å². The summed E-state index contributed by atoms with van der Waals surface area (Å²) in [5, 5.41) is 4.11. The molecule has 7 nitrogen and oxygen atoms in total. The number of carbonyl (C=O) groups is 1. The lowest BCUT2D eigenvalue weighted by Crippen LogP contribution is -2.21. The van der Waals surface area contributed by atoms with Gasteiger partial charge < -0.3 is 4.74 Å². The molecule has 7 heteroatoms. The fourth-order valence-electron chi connectivity index (χ4n) is 2.24. The van der Waals surface area contributed by atoms with E-state index in [-0.39, 0.29) is 12.5 Å². The third kappa shape index (κ3) is 5.84. The normalized spacial score (nSPS) is 11.4. The Bertz CT molecular complexity index is 972. The van der Waals surface area contributed by atoms with Crippen LogP contribution < -0.4 is 10.2 Å². The van der Waals surface area contributed by atoms with Gasteiger partial charge in [0, 0.05) is 42.1 Å². The van der Waals surface area contributed by atoms with Gasteiger partial charge in [0.1, 0.15) is 12.4 Å². The highest BCUT2D eigenvalue weighted by molar-refractivity contribution is 5.98. The van der Waals surface area contributed by atoms with Gasteiger partial charge in [-0.1, -0.05) is 18.2 Å². The SMILES string of the molecule is Cc1cccc(OC/C(N=Cc2cccnc2)=N/NC(=O)c2ccncc2)c1. The standard InChI is InChI=1S/C21H19N5O2/c1-16-4-2-6-19(12-16)28-15-20(24-14-17-5-3-9-23-13-17)25-26-21(27)18-7-10-22-11-8-18/h2-14H,15H2,1H3,(H,26,27)/b24-14?,25-20-. The molecular formula is C21H19N5O2. The van der Waals surface area contributed by atoms with Crippen molar-refractivity contribution in [3.8, 4) is 5.75 Å². The molecule has 0 saturated carbocycles. The van der Waals surface area contributed by atoms with Gasteiger partial charge in [-0.25, -0.2) is 10.4 Å². The quantitative estimate of drug-likeness (QED) is 0.409. The molecule has 0 radical (unpaired) electrons. The Hall–Kier alpha value is -3.87. The Balaban J connectivity index is 1.73. The third-order valence-electron chi connectivity index (χ3n) is 3.63. The molecule has 2 aromatic heterocycles. The number of benzene rings is 1. The predicted octanol–water partition coefficient (Wildman–Crippen LogP) is 3.03. The number of aliphatic imine (C=N–C) groups is 1. The molecule has 3 rings (SSSR count). The lowest BCUT2D eigenvalue weighted by molar-refractivity contribution is 0.0954. The summed E-state index contributed by atoms with van der Waals surface area (Å²) >= 11 is 0. The number of aryl methyl sites for hydroxylation is 1. The van der Waals surface area contributed by atoms with Crippen molar-refractivity contribution < 1.29 is 9.53 Å². The smallest absolute Gasteiger partial charge is 0.271 e. The summed E-state index contributed by atoms with van der Waals surface area (Å²) in [6.45, 7) is 2.08. The van der Waals surface area contributed by atoms with Crippen LogP contribution >= 0.6 is 0 Å². The van der Waals surface area contributed by atoms with E-state index in [2.05, 4.69) is 25.5 Å². The summed E-state index contributed by atoms with van der Waals surface area (Å²) in [5.74, 6) is 0.657. The van der Waals surface area contributed by atoms with Crippen LogP contribution in [0.15, 0.2) is 83.4 Å². The first-order chi connectivity index (χ1) is 13.7. The molecule has 0 atom stereocenters. The summed E-state index contributed by atoms with van der Waals surface area (Å²) in [7, 11) is 0. The van der Waals surface area contributed by atoms with Crippen LogP contribution in [-0.4, -0.2) is 34.5 Å². The first-order valence-corrected chi connectivity index (χ1v) is 8.61. The number of ether oxygens (including phenoxy) is 1. The maximum atomic E-state index is 12.2. The fraction of sp³-hybridized carbons (Fsp3) is 0.0952. The molecule has 0 aliphatic rings. The summed E-state index contributed by atoms with van der Waals surface area (Å²) in [5.41, 5.74) is 4.84. The number of hydrogen-bond donors (Lipinski definition) is 1. The van der Waals surface area contributed by atoms with Gasteiger partial charge in [0.15, 0.2) is 5.84 Å². The van der Waals surface area contributed by atoms with E-state index in [0.717, 1.165) is 11.1 Å². The number of amidine groups is 1. The lowest BCUT2D eigenvalue weighted by atomic mass is 10.2. The Kier molecular flexibility index (Phi) is 6.57. The van der Waals surface area contributed by atoms with Crippen molar-refractivity contribution >= 4 is 18.0 Å². The van der Waals surface area contributed by atoms with Crippen LogP contribution in [0.5, 0.6) is 5.75 Å². The van der Waals surface area contributed by atoms with Crippen molar-refractivity contribution in [1.29, 1.82) is 0 Å². The second-order valence-corrected chi connectivity index (χ2v) is 5.85. The predicted molar refractivity (Wildman–Crippen MR) is 108 cm³/mol. The number of hydrazone groups is 1. The van der Waals surface area contributed by atoms with Gasteiger partial charge in [-0.2, -0.15) is 5.10 Å². The molecule has 3 aromatic rings. The molecule has 0 saturated heterocycles. The van der Waals surface area contributed by atoms with Crippen LogP contribution in [0.1, 0.15) is 21.5 Å². The zero-order valence-electron chi connectivity index (χ0n) is 15.3. The van der Waals surface area contributed by atoms with Crippen molar-refractivity contribution in [2.24, 2.45) is 10.1 Å². The van der Waals surface area contributed by atoms with Gasteiger partial charge in [-0.05, 0) is 42.8 Å². The second kappa shape index (κ2) is 9.72. The molecule has 0 unspecified atom stereocenters. The van der Waals surface area contributed by atoms with Crippen LogP contribution in [0, 0.1) is 6.92 Å². The highest BCUT2D eigenvalue weighted by Gasteiger charge is 2.05. The lowest BCUT2D eigenvalue weighted by Gasteiger charge is -2.07. The zero-order chi connectivity index (χ0) is 19.6. The minimum atomic E-state index is -0.355. The maximum Gasteiger partial charge on any atom is 0.271 e. The topological polar surface area (TPSA) is 88.8 Å². The number of amides is 1. The summed E-state index contributed by atoms with van der Waals surface area (Å²) in [4.78, 5) is 24.5. The van der Waals surface area contributed by atoms with E-state index in [9.17, 15) is 4.79 Å². The van der Waals surface area contributed by atoms with E-state index in [4.69, 9.17) is 4.74 Å². The molecule has 0 fully saturated rings. The number of pyridine rings is 2. The Morgan fingerprint density at radius 1 is 1.11 bits per heavy atom. The van der Waals surface area contributed by atoms with Crippen LogP contribution in [0.25, 0.3) is 0 Å². The number of carbonyl (C=O) groups excluding carboxylic acids is 1. The molecule has 28 heavy (non-hydrogen) atoms. The molecule has 0 aliphatic heterocycles. The monoisotopic (exact) mass is 373 g/mol. The van der Waals surface area contributed by atoms with Gasteiger partial charge in [-0.3, -0.25) is 14.8 Å². The van der Waals surface area contributed by atoms with Gasteiger partial charge in [0.2, 0.25) is 0 Å². The summed E-state index contributed by atoms with van der Waals surface area (Å²) < 4.78 is 5.75. The van der Waals surface area contributed by atoms with E-state index in [1.165, 1.54) is 0 Å². The number of rotatable bonds is 6. The molecule has 140 valence electrons. The molecular weight excluding hydrogens is 354 g/mol. The van der Waals surface area contributed by atoms with Gasteiger partial charge >= 0.3 is 0 Å². The van der Waals surface area contributed by atoms with E-state index < -0.39 is 0 Å². The van der Waals surface area contributed by atoms with Crippen LogP contribution in [0.3, 0.4) is 0 Å². The average molecular weight is 373 g/mol. The first-order valence-electron chi connectivity index (χ1n) is 8.61. The Labute approximate surface area is 162 Å². The Morgan fingerprint density at radius 2 is 1.96 bits per heavy atom. The molecule has 1 aromatic carbocycles. The molecule has 0 spiro atoms. The molecule has 0 bridgehead atoms. The van der Waals surface area contributed by atoms with Crippen molar-refractivity contribution in [2.75, 3.05) is 6.61 Å². The largest absolute Gasteiger partial charge is 0.486 e. The number of nitrogens with zero attached hydrogens (tertiary/aromatic N) is 4.